The Morgan fingerprint density at radius 2 is 1.86 bits per heavy atom. The van der Waals surface area contributed by atoms with Crippen molar-refractivity contribution in [3.05, 3.63) is 64.9 Å². The molecule has 0 aliphatic carbocycles. The van der Waals surface area contributed by atoms with Gasteiger partial charge in [0, 0.05) is 17.4 Å². The fraction of sp³-hybridized carbons (Fsp3) is 0.211. The minimum Gasteiger partial charge on any atom is -0.497 e. The predicted octanol–water partition coefficient (Wildman–Crippen LogP) is 4.54. The van der Waals surface area contributed by atoms with Gasteiger partial charge in [-0.2, -0.15) is 0 Å². The lowest BCUT2D eigenvalue weighted by atomic mass is 9.97. The SMILES string of the molecule is CCc1oc2cccc(C)c2c1C(=O)c1ccc(OC)cc1. The van der Waals surface area contributed by atoms with Crippen molar-refractivity contribution in [1.82, 2.24) is 0 Å². The van der Waals surface area contributed by atoms with Crippen LogP contribution >= 0.6 is 0 Å². The maximum Gasteiger partial charge on any atom is 0.197 e. The molecule has 0 atom stereocenters. The van der Waals surface area contributed by atoms with Crippen LogP contribution in [0, 0.1) is 6.92 Å². The Morgan fingerprint density at radius 1 is 1.14 bits per heavy atom. The van der Waals surface area contributed by atoms with E-state index in [2.05, 4.69) is 0 Å². The van der Waals surface area contributed by atoms with Crippen LogP contribution < -0.4 is 4.74 Å². The summed E-state index contributed by atoms with van der Waals surface area (Å²) in [6.45, 7) is 4.00. The van der Waals surface area contributed by atoms with Crippen molar-refractivity contribution in [3.8, 4) is 5.75 Å². The van der Waals surface area contributed by atoms with Crippen LogP contribution in [0.5, 0.6) is 5.75 Å². The molecule has 0 aliphatic rings. The first-order valence-electron chi connectivity index (χ1n) is 7.35. The molecule has 0 N–H and O–H groups in total. The molecule has 0 fully saturated rings. The van der Waals surface area contributed by atoms with Gasteiger partial charge in [0.2, 0.25) is 0 Å². The molecule has 0 aliphatic heterocycles. The molecule has 0 amide bonds. The van der Waals surface area contributed by atoms with E-state index < -0.39 is 0 Å². The molecule has 0 radical (unpaired) electrons. The second-order valence-electron chi connectivity index (χ2n) is 5.26. The van der Waals surface area contributed by atoms with E-state index in [1.165, 1.54) is 0 Å². The molecule has 3 heteroatoms. The number of aryl methyl sites for hydroxylation is 2. The number of hydrogen-bond donors (Lipinski definition) is 0. The van der Waals surface area contributed by atoms with Crippen LogP contribution in [0.2, 0.25) is 0 Å². The minimum atomic E-state index is -0.00690. The van der Waals surface area contributed by atoms with Gasteiger partial charge in [-0.15, -0.1) is 0 Å². The van der Waals surface area contributed by atoms with E-state index in [1.807, 2.05) is 32.0 Å². The van der Waals surface area contributed by atoms with E-state index in [0.29, 0.717) is 17.5 Å². The number of carbonyl (C=O) groups excluding carboxylic acids is 1. The molecule has 0 unspecified atom stereocenters. The van der Waals surface area contributed by atoms with Gasteiger partial charge < -0.3 is 9.15 Å². The predicted molar refractivity (Wildman–Crippen MR) is 86.8 cm³/mol. The molecule has 0 saturated heterocycles. The lowest BCUT2D eigenvalue weighted by Crippen LogP contribution is -2.04. The van der Waals surface area contributed by atoms with Gasteiger partial charge in [0.15, 0.2) is 5.78 Å². The molecule has 3 aromatic rings. The number of hydrogen-bond acceptors (Lipinski definition) is 3. The molecule has 2 aromatic carbocycles. The molecule has 1 heterocycles. The minimum absolute atomic E-state index is 0.00690. The zero-order valence-corrected chi connectivity index (χ0v) is 13.0. The number of ether oxygens (including phenoxy) is 1. The monoisotopic (exact) mass is 294 g/mol. The van der Waals surface area contributed by atoms with E-state index in [4.69, 9.17) is 9.15 Å². The van der Waals surface area contributed by atoms with Crippen LogP contribution in [0.25, 0.3) is 11.0 Å². The topological polar surface area (TPSA) is 39.4 Å². The summed E-state index contributed by atoms with van der Waals surface area (Å²) in [5.74, 6) is 1.47. The van der Waals surface area contributed by atoms with E-state index in [0.717, 1.165) is 28.0 Å². The Balaban J connectivity index is 2.17. The normalized spacial score (nSPS) is 10.9. The molecular formula is C19H18O3. The highest BCUT2D eigenvalue weighted by Crippen LogP contribution is 2.31. The summed E-state index contributed by atoms with van der Waals surface area (Å²) in [5, 5.41) is 0.917. The highest BCUT2D eigenvalue weighted by Gasteiger charge is 2.22. The quantitative estimate of drug-likeness (QED) is 0.663. The first kappa shape index (κ1) is 14.4. The molecule has 0 bridgehead atoms. The Kier molecular flexibility index (Phi) is 3.72. The Morgan fingerprint density at radius 3 is 2.50 bits per heavy atom. The average molecular weight is 294 g/mol. The summed E-state index contributed by atoms with van der Waals surface area (Å²) in [5.41, 5.74) is 3.15. The largest absolute Gasteiger partial charge is 0.497 e. The first-order chi connectivity index (χ1) is 10.7. The van der Waals surface area contributed by atoms with Crippen molar-refractivity contribution in [3.63, 3.8) is 0 Å². The summed E-state index contributed by atoms with van der Waals surface area (Å²) in [6.07, 6.45) is 0.686. The molecule has 3 nitrogen and oxygen atoms in total. The molecular weight excluding hydrogens is 276 g/mol. The summed E-state index contributed by atoms with van der Waals surface area (Å²) >= 11 is 0. The van der Waals surface area contributed by atoms with E-state index in [-0.39, 0.29) is 5.78 Å². The molecule has 0 saturated carbocycles. The summed E-state index contributed by atoms with van der Waals surface area (Å²) < 4.78 is 11.0. The molecule has 112 valence electrons. The summed E-state index contributed by atoms with van der Waals surface area (Å²) in [6, 6.07) is 13.0. The van der Waals surface area contributed by atoms with Crippen molar-refractivity contribution in [2.24, 2.45) is 0 Å². The van der Waals surface area contributed by atoms with Gasteiger partial charge >= 0.3 is 0 Å². The van der Waals surface area contributed by atoms with Gasteiger partial charge in [-0.3, -0.25) is 4.79 Å². The lowest BCUT2D eigenvalue weighted by Gasteiger charge is -2.04. The Bertz CT molecular complexity index is 826. The fourth-order valence-electron chi connectivity index (χ4n) is 2.75. The van der Waals surface area contributed by atoms with Gasteiger partial charge in [-0.25, -0.2) is 0 Å². The number of furan rings is 1. The third-order valence-electron chi connectivity index (χ3n) is 3.90. The fourth-order valence-corrected chi connectivity index (χ4v) is 2.75. The Labute approximate surface area is 129 Å². The van der Waals surface area contributed by atoms with E-state index in [9.17, 15) is 4.79 Å². The van der Waals surface area contributed by atoms with Gasteiger partial charge in [0.1, 0.15) is 17.1 Å². The zero-order valence-electron chi connectivity index (χ0n) is 13.0. The van der Waals surface area contributed by atoms with Gasteiger partial charge in [-0.05, 0) is 42.8 Å². The lowest BCUT2D eigenvalue weighted by molar-refractivity contribution is 0.103. The number of fused-ring (bicyclic) bond motifs is 1. The van der Waals surface area contributed by atoms with Crippen LogP contribution in [-0.4, -0.2) is 12.9 Å². The van der Waals surface area contributed by atoms with Crippen LogP contribution in [0.15, 0.2) is 46.9 Å². The maximum absolute atomic E-state index is 13.0. The number of rotatable bonds is 4. The van der Waals surface area contributed by atoms with E-state index in [1.54, 1.807) is 31.4 Å². The second kappa shape index (κ2) is 5.68. The van der Waals surface area contributed by atoms with Crippen LogP contribution in [0.4, 0.5) is 0 Å². The summed E-state index contributed by atoms with van der Waals surface area (Å²) in [4.78, 5) is 13.0. The number of methoxy groups -OCH3 is 1. The van der Waals surface area contributed by atoms with Crippen molar-refractivity contribution in [2.75, 3.05) is 7.11 Å². The van der Waals surface area contributed by atoms with Crippen molar-refractivity contribution in [1.29, 1.82) is 0 Å². The second-order valence-corrected chi connectivity index (χ2v) is 5.26. The van der Waals surface area contributed by atoms with Crippen molar-refractivity contribution >= 4 is 16.8 Å². The number of carbonyl (C=O) groups is 1. The van der Waals surface area contributed by atoms with Crippen molar-refractivity contribution < 1.29 is 13.9 Å². The van der Waals surface area contributed by atoms with Crippen LogP contribution in [0.1, 0.15) is 34.2 Å². The molecule has 3 rings (SSSR count). The van der Waals surface area contributed by atoms with Crippen LogP contribution in [-0.2, 0) is 6.42 Å². The highest BCUT2D eigenvalue weighted by molar-refractivity contribution is 6.17. The van der Waals surface area contributed by atoms with Gasteiger partial charge in [0.25, 0.3) is 0 Å². The van der Waals surface area contributed by atoms with Crippen LogP contribution in [0.3, 0.4) is 0 Å². The maximum atomic E-state index is 13.0. The summed E-state index contributed by atoms with van der Waals surface area (Å²) in [7, 11) is 1.61. The Hall–Kier alpha value is -2.55. The standard InChI is InChI=1S/C19H18O3/c1-4-15-18(17-12(2)6-5-7-16(17)22-15)19(20)13-8-10-14(21-3)11-9-13/h5-11H,4H2,1-3H3. The van der Waals surface area contributed by atoms with E-state index >= 15 is 0 Å². The van der Waals surface area contributed by atoms with Gasteiger partial charge in [0.05, 0.1) is 12.7 Å². The molecule has 0 spiro atoms. The number of ketones is 1. The van der Waals surface area contributed by atoms with Gasteiger partial charge in [-0.1, -0.05) is 19.1 Å². The zero-order chi connectivity index (χ0) is 15.7. The van der Waals surface area contributed by atoms with Crippen molar-refractivity contribution in [2.45, 2.75) is 20.3 Å². The average Bonchev–Trinajstić information content (AvgIpc) is 2.94. The first-order valence-corrected chi connectivity index (χ1v) is 7.35. The smallest absolute Gasteiger partial charge is 0.197 e. The molecule has 22 heavy (non-hydrogen) atoms. The molecule has 1 aromatic heterocycles. The number of benzene rings is 2. The third kappa shape index (κ3) is 2.29. The third-order valence-corrected chi connectivity index (χ3v) is 3.90. The highest BCUT2D eigenvalue weighted by atomic mass is 16.5.